The second-order valence-corrected chi connectivity index (χ2v) is 3.70. The first-order valence-corrected chi connectivity index (χ1v) is 5.13. The van der Waals surface area contributed by atoms with Crippen LogP contribution in [-0.4, -0.2) is 23.5 Å². The quantitative estimate of drug-likeness (QED) is 0.627. The fourth-order valence-corrected chi connectivity index (χ4v) is 1.24. The van der Waals surface area contributed by atoms with Crippen LogP contribution in [0.15, 0.2) is 35.9 Å². The first-order chi connectivity index (χ1) is 7.99. The highest BCUT2D eigenvalue weighted by atomic mass is 16.5. The monoisotopic (exact) mass is 234 g/mol. The van der Waals surface area contributed by atoms with Crippen LogP contribution in [0, 0.1) is 0 Å². The van der Waals surface area contributed by atoms with Gasteiger partial charge < -0.3 is 9.84 Å². The molecule has 0 heterocycles. The lowest BCUT2D eigenvalue weighted by molar-refractivity contribution is -0.131. The van der Waals surface area contributed by atoms with Crippen LogP contribution in [0.3, 0.4) is 0 Å². The summed E-state index contributed by atoms with van der Waals surface area (Å²) in [6, 6.07) is 6.72. The maximum Gasteiger partial charge on any atom is 0.328 e. The Bertz CT molecular complexity index is 443. The Morgan fingerprint density at radius 2 is 1.82 bits per heavy atom. The van der Waals surface area contributed by atoms with E-state index in [4.69, 9.17) is 9.84 Å². The SMILES string of the molecule is CC(=O)c1ccc(OC/C(C)=C/C(=O)O)cc1. The number of ketones is 1. The molecular weight excluding hydrogens is 220 g/mol. The molecule has 1 rings (SSSR count). The molecule has 0 spiro atoms. The lowest BCUT2D eigenvalue weighted by Crippen LogP contribution is -2.01. The lowest BCUT2D eigenvalue weighted by atomic mass is 10.1. The van der Waals surface area contributed by atoms with Crippen molar-refractivity contribution < 1.29 is 19.4 Å². The van der Waals surface area contributed by atoms with Crippen molar-refractivity contribution in [2.75, 3.05) is 6.61 Å². The highest BCUT2D eigenvalue weighted by Crippen LogP contribution is 2.13. The first kappa shape index (κ1) is 13.0. The van der Waals surface area contributed by atoms with E-state index in [0.29, 0.717) is 16.9 Å². The summed E-state index contributed by atoms with van der Waals surface area (Å²) < 4.78 is 5.36. The van der Waals surface area contributed by atoms with Crippen molar-refractivity contribution in [3.05, 3.63) is 41.5 Å². The number of carbonyl (C=O) groups is 2. The summed E-state index contributed by atoms with van der Waals surface area (Å²) in [5.41, 5.74) is 1.24. The minimum Gasteiger partial charge on any atom is -0.489 e. The molecule has 0 aliphatic heterocycles. The highest BCUT2D eigenvalue weighted by Gasteiger charge is 2.00. The zero-order chi connectivity index (χ0) is 12.8. The van der Waals surface area contributed by atoms with E-state index in [0.717, 1.165) is 6.08 Å². The molecule has 1 N–H and O–H groups in total. The Morgan fingerprint density at radius 1 is 1.24 bits per heavy atom. The average molecular weight is 234 g/mol. The van der Waals surface area contributed by atoms with Gasteiger partial charge in [0.05, 0.1) is 0 Å². The smallest absolute Gasteiger partial charge is 0.328 e. The van der Waals surface area contributed by atoms with E-state index in [-0.39, 0.29) is 12.4 Å². The fraction of sp³-hybridized carbons (Fsp3) is 0.231. The molecular formula is C13H14O4. The van der Waals surface area contributed by atoms with Crippen molar-refractivity contribution in [1.82, 2.24) is 0 Å². The number of ether oxygens (including phenoxy) is 1. The van der Waals surface area contributed by atoms with Gasteiger partial charge in [-0.05, 0) is 43.7 Å². The third-order valence-electron chi connectivity index (χ3n) is 2.10. The summed E-state index contributed by atoms with van der Waals surface area (Å²) >= 11 is 0. The normalized spacial score (nSPS) is 11.1. The maximum absolute atomic E-state index is 11.0. The number of aliphatic carboxylic acids is 1. The Hall–Kier alpha value is -2.10. The van der Waals surface area contributed by atoms with Gasteiger partial charge in [-0.1, -0.05) is 0 Å². The summed E-state index contributed by atoms with van der Waals surface area (Å²) in [6.07, 6.45) is 1.10. The van der Waals surface area contributed by atoms with Gasteiger partial charge in [-0.2, -0.15) is 0 Å². The van der Waals surface area contributed by atoms with Gasteiger partial charge in [-0.25, -0.2) is 4.79 Å². The predicted molar refractivity (Wildman–Crippen MR) is 63.3 cm³/mol. The van der Waals surface area contributed by atoms with E-state index in [2.05, 4.69) is 0 Å². The number of rotatable bonds is 5. The second kappa shape index (κ2) is 5.84. The molecule has 1 aromatic carbocycles. The molecule has 0 atom stereocenters. The number of carboxylic acid groups (broad SMARTS) is 1. The number of carbonyl (C=O) groups excluding carboxylic acids is 1. The summed E-state index contributed by atoms with van der Waals surface area (Å²) in [4.78, 5) is 21.4. The lowest BCUT2D eigenvalue weighted by Gasteiger charge is -2.06. The van der Waals surface area contributed by atoms with Gasteiger partial charge >= 0.3 is 5.97 Å². The molecule has 0 aliphatic carbocycles. The van der Waals surface area contributed by atoms with Gasteiger partial charge in [0, 0.05) is 11.6 Å². The van der Waals surface area contributed by atoms with Crippen molar-refractivity contribution >= 4 is 11.8 Å². The largest absolute Gasteiger partial charge is 0.489 e. The van der Waals surface area contributed by atoms with Crippen LogP contribution in [0.5, 0.6) is 5.75 Å². The summed E-state index contributed by atoms with van der Waals surface area (Å²) in [7, 11) is 0. The number of carboxylic acids is 1. The topological polar surface area (TPSA) is 63.6 Å². The van der Waals surface area contributed by atoms with E-state index < -0.39 is 5.97 Å². The maximum atomic E-state index is 11.0. The van der Waals surface area contributed by atoms with Crippen LogP contribution in [0.1, 0.15) is 24.2 Å². The molecule has 4 nitrogen and oxygen atoms in total. The molecule has 1 aromatic rings. The van der Waals surface area contributed by atoms with Crippen LogP contribution in [0.2, 0.25) is 0 Å². The van der Waals surface area contributed by atoms with Crippen LogP contribution < -0.4 is 4.74 Å². The Labute approximate surface area is 99.5 Å². The summed E-state index contributed by atoms with van der Waals surface area (Å²) in [5, 5.41) is 8.51. The van der Waals surface area contributed by atoms with E-state index >= 15 is 0 Å². The van der Waals surface area contributed by atoms with Crippen LogP contribution in [0.4, 0.5) is 0 Å². The molecule has 0 aromatic heterocycles. The Kier molecular flexibility index (Phi) is 4.46. The average Bonchev–Trinajstić information content (AvgIpc) is 2.26. The first-order valence-electron chi connectivity index (χ1n) is 5.13. The molecule has 0 bridgehead atoms. The molecule has 17 heavy (non-hydrogen) atoms. The summed E-state index contributed by atoms with van der Waals surface area (Å²) in [5.74, 6) is -0.385. The molecule has 0 radical (unpaired) electrons. The van der Waals surface area contributed by atoms with Gasteiger partial charge in [-0.15, -0.1) is 0 Å². The van der Waals surface area contributed by atoms with Gasteiger partial charge in [-0.3, -0.25) is 4.79 Å². The number of hydrogen-bond donors (Lipinski definition) is 1. The van der Waals surface area contributed by atoms with Crippen LogP contribution in [-0.2, 0) is 4.79 Å². The molecule has 0 aliphatic rings. The van der Waals surface area contributed by atoms with Crippen molar-refractivity contribution in [3.8, 4) is 5.75 Å². The minimum absolute atomic E-state index is 0.00139. The third-order valence-corrected chi connectivity index (χ3v) is 2.10. The number of hydrogen-bond acceptors (Lipinski definition) is 3. The zero-order valence-electron chi connectivity index (χ0n) is 9.77. The van der Waals surface area contributed by atoms with Crippen LogP contribution in [0.25, 0.3) is 0 Å². The van der Waals surface area contributed by atoms with E-state index in [1.165, 1.54) is 6.92 Å². The molecule has 90 valence electrons. The molecule has 0 saturated heterocycles. The standard InChI is InChI=1S/C13H14O4/c1-9(7-13(15)16)8-17-12-5-3-11(4-6-12)10(2)14/h3-7H,8H2,1-2H3,(H,15,16)/b9-7+. The van der Waals surface area contributed by atoms with Crippen LogP contribution >= 0.6 is 0 Å². The molecule has 0 fully saturated rings. The van der Waals surface area contributed by atoms with E-state index in [9.17, 15) is 9.59 Å². The zero-order valence-corrected chi connectivity index (χ0v) is 9.77. The molecule has 0 saturated carbocycles. The van der Waals surface area contributed by atoms with Gasteiger partial charge in [0.15, 0.2) is 5.78 Å². The number of benzene rings is 1. The van der Waals surface area contributed by atoms with Gasteiger partial charge in [0.2, 0.25) is 0 Å². The predicted octanol–water partition coefficient (Wildman–Crippen LogP) is 2.30. The van der Waals surface area contributed by atoms with E-state index in [1.54, 1.807) is 31.2 Å². The Balaban J connectivity index is 2.58. The van der Waals surface area contributed by atoms with Crippen molar-refractivity contribution in [1.29, 1.82) is 0 Å². The minimum atomic E-state index is -0.988. The molecule has 0 unspecified atom stereocenters. The molecule has 4 heteroatoms. The highest BCUT2D eigenvalue weighted by molar-refractivity contribution is 5.94. The second-order valence-electron chi connectivity index (χ2n) is 3.70. The van der Waals surface area contributed by atoms with Gasteiger partial charge in [0.1, 0.15) is 12.4 Å². The summed E-state index contributed by atoms with van der Waals surface area (Å²) in [6.45, 7) is 3.39. The third kappa shape index (κ3) is 4.51. The fourth-order valence-electron chi connectivity index (χ4n) is 1.24. The van der Waals surface area contributed by atoms with Crippen molar-refractivity contribution in [2.45, 2.75) is 13.8 Å². The van der Waals surface area contributed by atoms with Gasteiger partial charge in [0.25, 0.3) is 0 Å². The van der Waals surface area contributed by atoms with E-state index in [1.807, 2.05) is 0 Å². The molecule has 0 amide bonds. The van der Waals surface area contributed by atoms with Crippen molar-refractivity contribution in [3.63, 3.8) is 0 Å². The Morgan fingerprint density at radius 3 is 2.29 bits per heavy atom. The number of Topliss-reactive ketones (excluding diaryl/α,β-unsaturated/α-hetero) is 1. The van der Waals surface area contributed by atoms with Crippen molar-refractivity contribution in [2.24, 2.45) is 0 Å².